The van der Waals surface area contributed by atoms with Gasteiger partial charge in [-0.1, -0.05) is 97.9 Å². The van der Waals surface area contributed by atoms with Crippen LogP contribution in [0.4, 0.5) is 0 Å². The van der Waals surface area contributed by atoms with Gasteiger partial charge in [-0.2, -0.15) is 0 Å². The quantitative estimate of drug-likeness (QED) is 0.383. The van der Waals surface area contributed by atoms with Crippen molar-refractivity contribution in [3.8, 4) is 0 Å². The van der Waals surface area contributed by atoms with Gasteiger partial charge in [-0.05, 0) is 16.7 Å². The van der Waals surface area contributed by atoms with Crippen LogP contribution in [0.25, 0.3) is 0 Å². The fourth-order valence-corrected chi connectivity index (χ4v) is 4.31. The molecule has 0 aliphatic carbocycles. The van der Waals surface area contributed by atoms with E-state index in [4.69, 9.17) is 23.7 Å². The van der Waals surface area contributed by atoms with Gasteiger partial charge in [0.1, 0.15) is 12.2 Å². The summed E-state index contributed by atoms with van der Waals surface area (Å²) in [7, 11) is 1.66. The third kappa shape index (κ3) is 6.75. The van der Waals surface area contributed by atoms with Crippen LogP contribution in [0.1, 0.15) is 23.6 Å². The molecule has 34 heavy (non-hydrogen) atoms. The van der Waals surface area contributed by atoms with Crippen LogP contribution in [0.3, 0.4) is 0 Å². The van der Waals surface area contributed by atoms with E-state index in [1.54, 1.807) is 7.11 Å². The van der Waals surface area contributed by atoms with Crippen molar-refractivity contribution >= 4 is 0 Å². The standard InChI is InChI=1S/C29H34O5/c1-22-27(32-19-24-14-8-4-9-15-24)26(21-31-18-23-12-6-3-7-13-23)34-29(30-2)28(22)33-20-25-16-10-5-11-17-25/h3-17,22,26-29H,18-21H2,1-2H3. The number of methoxy groups -OCH3 is 1. The first-order chi connectivity index (χ1) is 16.7. The highest BCUT2D eigenvalue weighted by atomic mass is 16.7. The minimum atomic E-state index is -0.499. The van der Waals surface area contributed by atoms with E-state index in [2.05, 4.69) is 43.3 Å². The minimum absolute atomic E-state index is 0.0384. The monoisotopic (exact) mass is 462 g/mol. The number of hydrogen-bond acceptors (Lipinski definition) is 5. The van der Waals surface area contributed by atoms with Gasteiger partial charge >= 0.3 is 0 Å². The Morgan fingerprint density at radius 2 is 1.12 bits per heavy atom. The van der Waals surface area contributed by atoms with Crippen LogP contribution < -0.4 is 0 Å². The highest BCUT2D eigenvalue weighted by molar-refractivity contribution is 5.15. The third-order valence-electron chi connectivity index (χ3n) is 6.18. The Kier molecular flexibility index (Phi) is 9.25. The molecule has 5 unspecified atom stereocenters. The summed E-state index contributed by atoms with van der Waals surface area (Å²) >= 11 is 0. The molecular weight excluding hydrogens is 428 g/mol. The normalized spacial score (nSPS) is 24.7. The molecule has 1 fully saturated rings. The highest BCUT2D eigenvalue weighted by Crippen LogP contribution is 2.32. The van der Waals surface area contributed by atoms with E-state index >= 15 is 0 Å². The summed E-state index contributed by atoms with van der Waals surface area (Å²) in [5, 5.41) is 0. The smallest absolute Gasteiger partial charge is 0.184 e. The minimum Gasteiger partial charge on any atom is -0.374 e. The van der Waals surface area contributed by atoms with Crippen molar-refractivity contribution in [1.29, 1.82) is 0 Å². The summed E-state index contributed by atoms with van der Waals surface area (Å²) in [4.78, 5) is 0. The lowest BCUT2D eigenvalue weighted by atomic mass is 9.90. The second-order valence-corrected chi connectivity index (χ2v) is 8.66. The maximum atomic E-state index is 6.43. The molecule has 1 aliphatic rings. The Hall–Kier alpha value is -2.54. The molecule has 5 heteroatoms. The van der Waals surface area contributed by atoms with Gasteiger partial charge in [-0.25, -0.2) is 0 Å². The average molecular weight is 463 g/mol. The molecule has 3 aromatic rings. The van der Waals surface area contributed by atoms with Gasteiger partial charge in [-0.15, -0.1) is 0 Å². The van der Waals surface area contributed by atoms with E-state index < -0.39 is 6.29 Å². The molecule has 0 N–H and O–H groups in total. The summed E-state index contributed by atoms with van der Waals surface area (Å²) in [5.41, 5.74) is 3.36. The van der Waals surface area contributed by atoms with Crippen LogP contribution in [0.5, 0.6) is 0 Å². The van der Waals surface area contributed by atoms with Gasteiger partial charge < -0.3 is 23.7 Å². The molecule has 5 nitrogen and oxygen atoms in total. The van der Waals surface area contributed by atoms with E-state index in [9.17, 15) is 0 Å². The second kappa shape index (κ2) is 12.8. The SMILES string of the molecule is COC1OC(COCc2ccccc2)C(OCc2ccccc2)C(C)C1OCc1ccccc1. The zero-order valence-corrected chi connectivity index (χ0v) is 19.9. The summed E-state index contributed by atoms with van der Waals surface area (Å²) in [6.07, 6.45) is -1.25. The molecule has 0 bridgehead atoms. The topological polar surface area (TPSA) is 46.2 Å². The molecule has 0 amide bonds. The first-order valence-electron chi connectivity index (χ1n) is 11.9. The lowest BCUT2D eigenvalue weighted by Crippen LogP contribution is -2.56. The van der Waals surface area contributed by atoms with E-state index in [0.717, 1.165) is 16.7 Å². The van der Waals surface area contributed by atoms with Crippen LogP contribution >= 0.6 is 0 Å². The van der Waals surface area contributed by atoms with Crippen molar-refractivity contribution in [2.24, 2.45) is 5.92 Å². The lowest BCUT2D eigenvalue weighted by molar-refractivity contribution is -0.301. The average Bonchev–Trinajstić information content (AvgIpc) is 2.89. The Morgan fingerprint density at radius 3 is 1.62 bits per heavy atom. The maximum absolute atomic E-state index is 6.43. The maximum Gasteiger partial charge on any atom is 0.184 e. The number of benzene rings is 3. The van der Waals surface area contributed by atoms with E-state index in [1.807, 2.05) is 54.6 Å². The van der Waals surface area contributed by atoms with Crippen molar-refractivity contribution in [1.82, 2.24) is 0 Å². The van der Waals surface area contributed by atoms with Gasteiger partial charge in [0.15, 0.2) is 6.29 Å². The van der Waals surface area contributed by atoms with Gasteiger partial charge in [0.25, 0.3) is 0 Å². The fraction of sp³-hybridized carbons (Fsp3) is 0.379. The van der Waals surface area contributed by atoms with E-state index in [0.29, 0.717) is 26.4 Å². The Morgan fingerprint density at radius 1 is 0.647 bits per heavy atom. The fourth-order valence-electron chi connectivity index (χ4n) is 4.31. The molecule has 0 saturated carbocycles. The van der Waals surface area contributed by atoms with Gasteiger partial charge in [-0.3, -0.25) is 0 Å². The molecule has 3 aromatic carbocycles. The molecule has 0 radical (unpaired) electrons. The number of ether oxygens (including phenoxy) is 5. The van der Waals surface area contributed by atoms with Crippen molar-refractivity contribution in [3.05, 3.63) is 108 Å². The zero-order chi connectivity index (χ0) is 23.6. The number of hydrogen-bond donors (Lipinski definition) is 0. The Balaban J connectivity index is 1.44. The summed E-state index contributed by atoms with van der Waals surface area (Å²) in [5.74, 6) is 0.0384. The molecule has 1 saturated heterocycles. The molecular formula is C29H34O5. The van der Waals surface area contributed by atoms with Crippen LogP contribution in [-0.2, 0) is 43.5 Å². The molecule has 1 heterocycles. The first-order valence-corrected chi connectivity index (χ1v) is 11.9. The van der Waals surface area contributed by atoms with Crippen LogP contribution in [0.2, 0.25) is 0 Å². The van der Waals surface area contributed by atoms with Gasteiger partial charge in [0, 0.05) is 13.0 Å². The molecule has 5 atom stereocenters. The first kappa shape index (κ1) is 24.6. The van der Waals surface area contributed by atoms with Gasteiger partial charge in [0.05, 0.1) is 32.5 Å². The highest BCUT2D eigenvalue weighted by Gasteiger charge is 2.45. The second-order valence-electron chi connectivity index (χ2n) is 8.66. The molecule has 180 valence electrons. The molecule has 1 aliphatic heterocycles. The van der Waals surface area contributed by atoms with Crippen molar-refractivity contribution in [2.75, 3.05) is 13.7 Å². The largest absolute Gasteiger partial charge is 0.374 e. The van der Waals surface area contributed by atoms with Crippen LogP contribution in [0.15, 0.2) is 91.0 Å². The molecule has 4 rings (SSSR count). The molecule has 0 spiro atoms. The predicted molar refractivity (Wildman–Crippen MR) is 131 cm³/mol. The van der Waals surface area contributed by atoms with E-state index in [-0.39, 0.29) is 24.2 Å². The van der Waals surface area contributed by atoms with Crippen LogP contribution in [0, 0.1) is 5.92 Å². The van der Waals surface area contributed by atoms with Gasteiger partial charge in [0.2, 0.25) is 0 Å². The summed E-state index contributed by atoms with van der Waals surface area (Å²) < 4.78 is 30.9. The van der Waals surface area contributed by atoms with Crippen LogP contribution in [-0.4, -0.2) is 38.3 Å². The predicted octanol–water partition coefficient (Wildman–Crippen LogP) is 5.38. The Labute approximate surface area is 202 Å². The third-order valence-corrected chi connectivity index (χ3v) is 6.18. The number of rotatable bonds is 11. The lowest BCUT2D eigenvalue weighted by Gasteiger charge is -2.44. The summed E-state index contributed by atoms with van der Waals surface area (Å²) in [6.45, 7) is 4.05. The van der Waals surface area contributed by atoms with Crippen molar-refractivity contribution < 1.29 is 23.7 Å². The summed E-state index contributed by atoms with van der Waals surface area (Å²) in [6, 6.07) is 30.5. The zero-order valence-electron chi connectivity index (χ0n) is 19.9. The molecule has 0 aromatic heterocycles. The van der Waals surface area contributed by atoms with E-state index in [1.165, 1.54) is 0 Å². The Bertz CT molecular complexity index is 948. The van der Waals surface area contributed by atoms with Crippen molar-refractivity contribution in [3.63, 3.8) is 0 Å². The van der Waals surface area contributed by atoms with Crippen molar-refractivity contribution in [2.45, 2.75) is 51.3 Å².